The van der Waals surface area contributed by atoms with Gasteiger partial charge < -0.3 is 11.5 Å². The fourth-order valence-corrected chi connectivity index (χ4v) is 3.99. The summed E-state index contributed by atoms with van der Waals surface area (Å²) in [6, 6.07) is 3.81. The zero-order valence-corrected chi connectivity index (χ0v) is 13.5. The quantitative estimate of drug-likeness (QED) is 0.520. The Hall–Kier alpha value is -2.32. The molecule has 0 unspecified atom stereocenters. The summed E-state index contributed by atoms with van der Waals surface area (Å²) in [6.45, 7) is 3.95. The molecule has 2 aromatic carbocycles. The number of nitrogens with two attached hydrogens (primary N) is 2. The molecule has 0 fully saturated rings. The number of anilines is 2. The van der Waals surface area contributed by atoms with Gasteiger partial charge in [0.2, 0.25) is 0 Å². The van der Waals surface area contributed by atoms with Crippen LogP contribution in [-0.4, -0.2) is 17.5 Å². The molecular formula is C14H12N6S2. The van der Waals surface area contributed by atoms with Crippen LogP contribution in [-0.2, 0) is 0 Å². The first-order chi connectivity index (χ1) is 10.6. The van der Waals surface area contributed by atoms with Crippen molar-refractivity contribution in [3.05, 3.63) is 23.3 Å². The molecule has 2 aromatic heterocycles. The Kier molecular flexibility index (Phi) is 2.78. The molecule has 110 valence electrons. The van der Waals surface area contributed by atoms with Gasteiger partial charge in [0.1, 0.15) is 22.1 Å². The van der Waals surface area contributed by atoms with Crippen LogP contribution in [0.25, 0.3) is 33.2 Å². The highest BCUT2D eigenvalue weighted by molar-refractivity contribution is 7.00. The lowest BCUT2D eigenvalue weighted by Crippen LogP contribution is -1.99. The summed E-state index contributed by atoms with van der Waals surface area (Å²) in [7, 11) is 0. The van der Waals surface area contributed by atoms with E-state index in [1.807, 2.05) is 26.0 Å². The Morgan fingerprint density at radius 1 is 0.682 bits per heavy atom. The molecule has 22 heavy (non-hydrogen) atoms. The monoisotopic (exact) mass is 328 g/mol. The summed E-state index contributed by atoms with van der Waals surface area (Å²) in [5.74, 6) is 0. The third-order valence-electron chi connectivity index (χ3n) is 3.77. The van der Waals surface area contributed by atoms with Crippen LogP contribution in [0.4, 0.5) is 11.4 Å². The second-order valence-corrected chi connectivity index (χ2v) is 6.30. The Bertz CT molecular complexity index is 949. The van der Waals surface area contributed by atoms with Gasteiger partial charge in [-0.05, 0) is 37.1 Å². The van der Waals surface area contributed by atoms with Crippen molar-refractivity contribution < 1.29 is 0 Å². The van der Waals surface area contributed by atoms with E-state index in [0.29, 0.717) is 11.4 Å². The Morgan fingerprint density at radius 3 is 1.45 bits per heavy atom. The van der Waals surface area contributed by atoms with E-state index in [1.165, 1.54) is 23.5 Å². The fraction of sp³-hybridized carbons (Fsp3) is 0.143. The Balaban J connectivity index is 2.21. The van der Waals surface area contributed by atoms with Crippen molar-refractivity contribution in [2.75, 3.05) is 11.5 Å². The summed E-state index contributed by atoms with van der Waals surface area (Å²) in [5, 5.41) is 0. The van der Waals surface area contributed by atoms with E-state index in [0.717, 1.165) is 44.3 Å². The lowest BCUT2D eigenvalue weighted by molar-refractivity contribution is 1.46. The van der Waals surface area contributed by atoms with E-state index in [4.69, 9.17) is 11.5 Å². The molecule has 6 nitrogen and oxygen atoms in total. The van der Waals surface area contributed by atoms with E-state index in [2.05, 4.69) is 17.5 Å². The molecule has 4 rings (SSSR count). The van der Waals surface area contributed by atoms with Gasteiger partial charge in [-0.25, -0.2) is 0 Å². The summed E-state index contributed by atoms with van der Waals surface area (Å²) in [6.07, 6.45) is 0. The molecule has 0 saturated carbocycles. The second kappa shape index (κ2) is 4.59. The number of fused-ring (bicyclic) bond motifs is 2. The zero-order chi connectivity index (χ0) is 15.4. The Labute approximate surface area is 134 Å². The topological polar surface area (TPSA) is 104 Å². The third-order valence-corrected chi connectivity index (χ3v) is 4.83. The summed E-state index contributed by atoms with van der Waals surface area (Å²) in [5.41, 5.74) is 20.7. The number of aromatic nitrogens is 4. The molecule has 0 spiro atoms. The first-order valence-corrected chi connectivity index (χ1v) is 8.07. The van der Waals surface area contributed by atoms with Crippen molar-refractivity contribution in [3.8, 4) is 11.1 Å². The first-order valence-electron chi connectivity index (χ1n) is 6.61. The summed E-state index contributed by atoms with van der Waals surface area (Å²) in [4.78, 5) is 0. The highest BCUT2D eigenvalue weighted by atomic mass is 32.1. The maximum atomic E-state index is 6.28. The van der Waals surface area contributed by atoms with Gasteiger partial charge in [0.05, 0.1) is 23.5 Å². The van der Waals surface area contributed by atoms with Gasteiger partial charge in [0.25, 0.3) is 0 Å². The first kappa shape index (κ1) is 13.4. The van der Waals surface area contributed by atoms with Gasteiger partial charge in [-0.2, -0.15) is 17.5 Å². The fourth-order valence-electron chi connectivity index (χ4n) is 2.77. The minimum atomic E-state index is 0.627. The van der Waals surface area contributed by atoms with E-state index in [1.54, 1.807) is 0 Å². The molecule has 4 aromatic rings. The molecule has 0 aliphatic rings. The number of nitrogen functional groups attached to an aromatic ring is 2. The molecule has 8 heteroatoms. The van der Waals surface area contributed by atoms with Gasteiger partial charge in [0.15, 0.2) is 0 Å². The molecule has 0 amide bonds. The highest BCUT2D eigenvalue weighted by Gasteiger charge is 2.21. The van der Waals surface area contributed by atoms with Gasteiger partial charge in [-0.1, -0.05) is 0 Å². The largest absolute Gasteiger partial charge is 0.398 e. The summed E-state index contributed by atoms with van der Waals surface area (Å²) < 4.78 is 17.6. The van der Waals surface area contributed by atoms with Crippen molar-refractivity contribution in [1.29, 1.82) is 0 Å². The SMILES string of the molecule is Cc1cc(N)c(-c2c(N)cc(C)c3nsnc23)c2nsnc12. The third kappa shape index (κ3) is 1.71. The van der Waals surface area contributed by atoms with E-state index in [9.17, 15) is 0 Å². The van der Waals surface area contributed by atoms with Crippen LogP contribution >= 0.6 is 23.5 Å². The normalized spacial score (nSPS) is 11.5. The van der Waals surface area contributed by atoms with Gasteiger partial charge in [0, 0.05) is 22.5 Å². The van der Waals surface area contributed by atoms with E-state index in [-0.39, 0.29) is 0 Å². The number of hydrogen-bond donors (Lipinski definition) is 2. The van der Waals surface area contributed by atoms with Crippen molar-refractivity contribution in [2.24, 2.45) is 0 Å². The van der Waals surface area contributed by atoms with Gasteiger partial charge in [-0.15, -0.1) is 0 Å². The smallest absolute Gasteiger partial charge is 0.115 e. The van der Waals surface area contributed by atoms with Crippen LogP contribution in [0.3, 0.4) is 0 Å². The summed E-state index contributed by atoms with van der Waals surface area (Å²) >= 11 is 2.34. The van der Waals surface area contributed by atoms with Crippen LogP contribution in [0.1, 0.15) is 11.1 Å². The molecule has 2 heterocycles. The minimum absolute atomic E-state index is 0.627. The van der Waals surface area contributed by atoms with Gasteiger partial charge >= 0.3 is 0 Å². The minimum Gasteiger partial charge on any atom is -0.398 e. The number of benzene rings is 2. The molecule has 0 saturated heterocycles. The van der Waals surface area contributed by atoms with E-state index >= 15 is 0 Å². The molecule has 0 aliphatic carbocycles. The maximum Gasteiger partial charge on any atom is 0.115 e. The van der Waals surface area contributed by atoms with Crippen molar-refractivity contribution >= 4 is 56.9 Å². The molecule has 0 bridgehead atoms. The lowest BCUT2D eigenvalue weighted by Gasteiger charge is -2.12. The van der Waals surface area contributed by atoms with Crippen LogP contribution < -0.4 is 11.5 Å². The molecule has 4 N–H and O–H groups in total. The predicted octanol–water partition coefficient (Wildman–Crippen LogP) is 3.14. The van der Waals surface area contributed by atoms with Crippen LogP contribution in [0, 0.1) is 13.8 Å². The van der Waals surface area contributed by atoms with Crippen LogP contribution in [0.5, 0.6) is 0 Å². The van der Waals surface area contributed by atoms with E-state index < -0.39 is 0 Å². The number of nitrogens with zero attached hydrogens (tertiary/aromatic N) is 4. The predicted molar refractivity (Wildman–Crippen MR) is 92.1 cm³/mol. The highest BCUT2D eigenvalue weighted by Crippen LogP contribution is 2.42. The second-order valence-electron chi connectivity index (χ2n) is 5.24. The van der Waals surface area contributed by atoms with Crippen LogP contribution in [0.2, 0.25) is 0 Å². The molecule has 0 radical (unpaired) electrons. The zero-order valence-electron chi connectivity index (χ0n) is 11.9. The molecule has 0 aliphatic heterocycles. The Morgan fingerprint density at radius 2 is 1.05 bits per heavy atom. The van der Waals surface area contributed by atoms with Crippen LogP contribution in [0.15, 0.2) is 12.1 Å². The number of aryl methyl sites for hydroxylation is 2. The van der Waals surface area contributed by atoms with Crippen molar-refractivity contribution in [3.63, 3.8) is 0 Å². The van der Waals surface area contributed by atoms with Gasteiger partial charge in [-0.3, -0.25) is 0 Å². The standard InChI is InChI=1S/C14H12N6S2/c1-5-3-7(15)9(13-11(5)17-21-19-13)10-8(16)4-6(2)12-14(10)20-22-18-12/h3-4H,15-16H2,1-2H3. The maximum absolute atomic E-state index is 6.28. The number of hydrogen-bond acceptors (Lipinski definition) is 8. The lowest BCUT2D eigenvalue weighted by atomic mass is 9.95. The van der Waals surface area contributed by atoms with Crippen molar-refractivity contribution in [2.45, 2.75) is 13.8 Å². The molecular weight excluding hydrogens is 316 g/mol. The molecule has 0 atom stereocenters. The average molecular weight is 328 g/mol. The average Bonchev–Trinajstić information content (AvgIpc) is 3.11. The number of rotatable bonds is 1. The van der Waals surface area contributed by atoms with Crippen molar-refractivity contribution in [1.82, 2.24) is 17.5 Å².